The minimum Gasteiger partial charge on any atom is -0.466 e. The van der Waals surface area contributed by atoms with Gasteiger partial charge < -0.3 is 14.1 Å². The summed E-state index contributed by atoms with van der Waals surface area (Å²) >= 11 is 0. The maximum Gasteiger partial charge on any atom is 0.287 e. The van der Waals surface area contributed by atoms with E-state index in [9.17, 15) is 13.6 Å². The number of carbonyl (C=O) groups is 1. The Morgan fingerprint density at radius 3 is 2.84 bits per heavy atom. The van der Waals surface area contributed by atoms with Crippen LogP contribution < -0.4 is 4.74 Å². The number of hydrogen-bond acceptors (Lipinski definition) is 5. The molecule has 0 saturated carbocycles. The lowest BCUT2D eigenvalue weighted by atomic mass is 10.0. The van der Waals surface area contributed by atoms with Gasteiger partial charge in [0.1, 0.15) is 5.69 Å². The van der Waals surface area contributed by atoms with Gasteiger partial charge in [-0.25, -0.2) is 13.8 Å². The zero-order valence-electron chi connectivity index (χ0n) is 17.2. The van der Waals surface area contributed by atoms with Crippen molar-refractivity contribution >= 4 is 16.8 Å². The average molecular weight is 438 g/mol. The fraction of sp³-hybridized carbons (Fsp3) is 0.261. The number of nitrogens with zero attached hydrogens (tertiary/aromatic N) is 4. The van der Waals surface area contributed by atoms with Crippen molar-refractivity contribution in [1.29, 1.82) is 0 Å². The second-order valence-electron chi connectivity index (χ2n) is 7.73. The summed E-state index contributed by atoms with van der Waals surface area (Å²) in [4.78, 5) is 18.7. The Labute approximate surface area is 182 Å². The fourth-order valence-corrected chi connectivity index (χ4v) is 3.83. The van der Waals surface area contributed by atoms with E-state index in [4.69, 9.17) is 9.15 Å². The van der Waals surface area contributed by atoms with Crippen molar-refractivity contribution in [1.82, 2.24) is 19.7 Å². The largest absolute Gasteiger partial charge is 0.466 e. The van der Waals surface area contributed by atoms with Gasteiger partial charge >= 0.3 is 0 Å². The SMILES string of the molecule is Cn1nc(C(=O)N2CCC(F)(F)C(Oc3ccc4ccccc4n3)C2)cc1-c1ccco1. The minimum absolute atomic E-state index is 0.0937. The quantitative estimate of drug-likeness (QED) is 0.479. The number of piperidine rings is 1. The number of hydrogen-bond donors (Lipinski definition) is 0. The molecule has 1 aliphatic heterocycles. The van der Waals surface area contributed by atoms with Gasteiger partial charge in [0.2, 0.25) is 5.88 Å². The van der Waals surface area contributed by atoms with Crippen LogP contribution in [0.15, 0.2) is 65.3 Å². The van der Waals surface area contributed by atoms with Crippen molar-refractivity contribution < 1.29 is 22.7 Å². The van der Waals surface area contributed by atoms with E-state index < -0.39 is 24.4 Å². The number of fused-ring (bicyclic) bond motifs is 1. The number of ether oxygens (including phenoxy) is 1. The van der Waals surface area contributed by atoms with E-state index in [1.165, 1.54) is 15.8 Å². The van der Waals surface area contributed by atoms with Crippen molar-refractivity contribution in [3.05, 3.63) is 66.6 Å². The third-order valence-electron chi connectivity index (χ3n) is 5.57. The van der Waals surface area contributed by atoms with Gasteiger partial charge in [0.15, 0.2) is 17.6 Å². The fourth-order valence-electron chi connectivity index (χ4n) is 3.83. The molecule has 1 aliphatic rings. The molecule has 0 radical (unpaired) electrons. The van der Waals surface area contributed by atoms with Gasteiger partial charge in [0.05, 0.1) is 18.3 Å². The van der Waals surface area contributed by atoms with Gasteiger partial charge in [-0.1, -0.05) is 18.2 Å². The second kappa shape index (κ2) is 7.74. The lowest BCUT2D eigenvalue weighted by Gasteiger charge is -2.37. The summed E-state index contributed by atoms with van der Waals surface area (Å²) in [6.45, 7) is -0.365. The van der Waals surface area contributed by atoms with Crippen LogP contribution in [0.1, 0.15) is 16.9 Å². The van der Waals surface area contributed by atoms with Crippen molar-refractivity contribution in [3.8, 4) is 17.3 Å². The first kappa shape index (κ1) is 20.2. The first-order valence-electron chi connectivity index (χ1n) is 10.2. The molecule has 0 N–H and O–H groups in total. The van der Waals surface area contributed by atoms with Gasteiger partial charge in [-0.15, -0.1) is 0 Å². The molecule has 164 valence electrons. The van der Waals surface area contributed by atoms with Crippen molar-refractivity contribution in [3.63, 3.8) is 0 Å². The van der Waals surface area contributed by atoms with Gasteiger partial charge in [-0.05, 0) is 24.3 Å². The predicted octanol–water partition coefficient (Wildman–Crippen LogP) is 4.16. The molecule has 1 aromatic carbocycles. The van der Waals surface area contributed by atoms with Crippen LogP contribution in [0.3, 0.4) is 0 Å². The normalized spacial score (nSPS) is 18.1. The zero-order chi connectivity index (χ0) is 22.3. The van der Waals surface area contributed by atoms with Gasteiger partial charge in [-0.2, -0.15) is 5.10 Å². The van der Waals surface area contributed by atoms with E-state index in [1.54, 1.807) is 43.4 Å². The standard InChI is InChI=1S/C23H20F2N4O3/c1-28-18(19-7-4-12-31-19)13-17(27-28)22(30)29-11-10-23(24,25)20(14-29)32-21-9-8-15-5-2-3-6-16(15)26-21/h2-9,12-13,20H,10-11,14H2,1H3. The summed E-state index contributed by atoms with van der Waals surface area (Å²) in [5.74, 6) is -2.87. The molecule has 1 unspecified atom stereocenters. The summed E-state index contributed by atoms with van der Waals surface area (Å²) in [5, 5.41) is 5.13. The Balaban J connectivity index is 1.36. The highest BCUT2D eigenvalue weighted by atomic mass is 19.3. The summed E-state index contributed by atoms with van der Waals surface area (Å²) in [7, 11) is 1.69. The molecule has 1 amide bonds. The average Bonchev–Trinajstić information content (AvgIpc) is 3.44. The molecule has 0 spiro atoms. The van der Waals surface area contributed by atoms with E-state index in [1.807, 2.05) is 18.2 Å². The van der Waals surface area contributed by atoms with Crippen molar-refractivity contribution in [2.75, 3.05) is 13.1 Å². The topological polar surface area (TPSA) is 73.4 Å². The van der Waals surface area contributed by atoms with Crippen LogP contribution in [0, 0.1) is 0 Å². The van der Waals surface area contributed by atoms with E-state index in [0.717, 1.165) is 5.39 Å². The molecule has 9 heteroatoms. The Morgan fingerprint density at radius 1 is 1.19 bits per heavy atom. The first-order chi connectivity index (χ1) is 15.4. The molecule has 1 atom stereocenters. The Morgan fingerprint density at radius 2 is 2.03 bits per heavy atom. The third-order valence-corrected chi connectivity index (χ3v) is 5.57. The molecule has 0 bridgehead atoms. The molecule has 32 heavy (non-hydrogen) atoms. The number of rotatable bonds is 4. The lowest BCUT2D eigenvalue weighted by Crippen LogP contribution is -2.55. The first-order valence-corrected chi connectivity index (χ1v) is 10.2. The number of para-hydroxylation sites is 1. The Hall–Kier alpha value is -3.75. The van der Waals surface area contributed by atoms with Gasteiger partial charge in [-0.3, -0.25) is 9.48 Å². The smallest absolute Gasteiger partial charge is 0.287 e. The van der Waals surface area contributed by atoms with Crippen LogP contribution in [0.4, 0.5) is 8.78 Å². The number of alkyl halides is 2. The molecular formula is C23H20F2N4O3. The minimum atomic E-state index is -3.09. The number of furan rings is 1. The van der Waals surface area contributed by atoms with Crippen molar-refractivity contribution in [2.24, 2.45) is 7.05 Å². The van der Waals surface area contributed by atoms with Crippen LogP contribution in [0.25, 0.3) is 22.4 Å². The number of aryl methyl sites for hydroxylation is 1. The zero-order valence-corrected chi connectivity index (χ0v) is 17.2. The maximum absolute atomic E-state index is 14.6. The number of pyridine rings is 1. The Bertz CT molecular complexity index is 1270. The van der Waals surface area contributed by atoms with Crippen molar-refractivity contribution in [2.45, 2.75) is 18.4 Å². The number of amides is 1. The molecule has 4 heterocycles. The highest BCUT2D eigenvalue weighted by molar-refractivity contribution is 5.93. The highest BCUT2D eigenvalue weighted by Crippen LogP contribution is 2.32. The molecule has 0 aliphatic carbocycles. The van der Waals surface area contributed by atoms with E-state index in [0.29, 0.717) is 17.0 Å². The molecular weight excluding hydrogens is 418 g/mol. The monoisotopic (exact) mass is 438 g/mol. The number of carbonyl (C=O) groups excluding carboxylic acids is 1. The summed E-state index contributed by atoms with van der Waals surface area (Å²) in [5.41, 5.74) is 1.43. The van der Waals surface area contributed by atoms with Crippen LogP contribution in [-0.2, 0) is 7.05 Å². The van der Waals surface area contributed by atoms with E-state index in [2.05, 4.69) is 10.1 Å². The van der Waals surface area contributed by atoms with Gasteiger partial charge in [0, 0.05) is 37.5 Å². The highest BCUT2D eigenvalue weighted by Gasteiger charge is 2.47. The van der Waals surface area contributed by atoms with Gasteiger partial charge in [0.25, 0.3) is 11.8 Å². The molecule has 1 fully saturated rings. The molecule has 1 saturated heterocycles. The molecule has 5 rings (SSSR count). The molecule has 4 aromatic rings. The lowest BCUT2D eigenvalue weighted by molar-refractivity contribution is -0.131. The predicted molar refractivity (Wildman–Crippen MR) is 113 cm³/mol. The molecule has 7 nitrogen and oxygen atoms in total. The number of halogens is 2. The maximum atomic E-state index is 14.6. The van der Waals surface area contributed by atoms with Crippen LogP contribution >= 0.6 is 0 Å². The van der Waals surface area contributed by atoms with Crippen LogP contribution in [0.2, 0.25) is 0 Å². The number of likely N-dealkylation sites (tertiary alicyclic amines) is 1. The third kappa shape index (κ3) is 3.70. The van der Waals surface area contributed by atoms with Crippen LogP contribution in [0.5, 0.6) is 5.88 Å². The van der Waals surface area contributed by atoms with E-state index >= 15 is 0 Å². The molecule has 3 aromatic heterocycles. The summed E-state index contributed by atoms with van der Waals surface area (Å²) in [6, 6.07) is 15.8. The van der Waals surface area contributed by atoms with E-state index in [-0.39, 0.29) is 24.7 Å². The second-order valence-corrected chi connectivity index (χ2v) is 7.73. The van der Waals surface area contributed by atoms with Crippen LogP contribution in [-0.4, -0.2) is 50.7 Å². The Kier molecular flexibility index (Phi) is 4.88. The summed E-state index contributed by atoms with van der Waals surface area (Å²) in [6.07, 6.45) is -0.490. The number of benzene rings is 1. The number of aromatic nitrogens is 3. The summed E-state index contributed by atoms with van der Waals surface area (Å²) < 4.78 is 41.8.